The van der Waals surface area contributed by atoms with E-state index in [0.717, 1.165) is 12.1 Å². The van der Waals surface area contributed by atoms with E-state index in [1.54, 1.807) is 0 Å². The van der Waals surface area contributed by atoms with Crippen molar-refractivity contribution >= 4 is 0 Å². The minimum absolute atomic E-state index is 0.336. The van der Waals surface area contributed by atoms with Gasteiger partial charge in [-0.15, -0.1) is 0 Å². The van der Waals surface area contributed by atoms with E-state index in [1.807, 2.05) is 32.8 Å². The van der Waals surface area contributed by atoms with Gasteiger partial charge in [0, 0.05) is 24.7 Å². The van der Waals surface area contributed by atoms with Gasteiger partial charge in [-0.1, -0.05) is 13.8 Å². The number of nitrogens with one attached hydrogen (secondary N) is 1. The second-order valence-corrected chi connectivity index (χ2v) is 4.81. The third kappa shape index (κ3) is 5.42. The fourth-order valence-electron chi connectivity index (χ4n) is 1.36. The highest BCUT2D eigenvalue weighted by molar-refractivity contribution is 5.26. The minimum atomic E-state index is -0.337. The molecule has 0 bridgehead atoms. The second-order valence-electron chi connectivity index (χ2n) is 4.81. The standard InChI is InChI=1S/C13H22FN3O/c1-10(2)15-8-11-7-12(14)9-16-13(11)18-6-5-17(3)4/h7,9-10,15H,5-6,8H2,1-4H3. The zero-order chi connectivity index (χ0) is 13.5. The summed E-state index contributed by atoms with van der Waals surface area (Å²) in [7, 11) is 3.95. The van der Waals surface area contributed by atoms with Gasteiger partial charge in [-0.25, -0.2) is 9.37 Å². The zero-order valence-corrected chi connectivity index (χ0v) is 11.5. The maximum absolute atomic E-state index is 13.2. The summed E-state index contributed by atoms with van der Waals surface area (Å²) in [5.41, 5.74) is 0.752. The first-order chi connectivity index (χ1) is 8.49. The van der Waals surface area contributed by atoms with Crippen LogP contribution in [0.4, 0.5) is 4.39 Å². The SMILES string of the molecule is CC(C)NCc1cc(F)cnc1OCCN(C)C. The lowest BCUT2D eigenvalue weighted by Crippen LogP contribution is -2.23. The lowest BCUT2D eigenvalue weighted by molar-refractivity contribution is 0.250. The van der Waals surface area contributed by atoms with Crippen LogP contribution in [-0.2, 0) is 6.54 Å². The normalized spacial score (nSPS) is 11.3. The largest absolute Gasteiger partial charge is 0.476 e. The van der Waals surface area contributed by atoms with Crippen molar-refractivity contribution in [3.05, 3.63) is 23.6 Å². The molecule has 102 valence electrons. The molecule has 0 aliphatic heterocycles. The Kier molecular flexibility index (Phi) is 6.01. The summed E-state index contributed by atoms with van der Waals surface area (Å²) in [5.74, 6) is 0.168. The third-order valence-electron chi connectivity index (χ3n) is 2.37. The van der Waals surface area contributed by atoms with E-state index < -0.39 is 0 Å². The van der Waals surface area contributed by atoms with Gasteiger partial charge in [0.15, 0.2) is 0 Å². The Balaban J connectivity index is 2.64. The molecule has 0 aliphatic carbocycles. The van der Waals surface area contributed by atoms with Crippen molar-refractivity contribution in [3.63, 3.8) is 0 Å². The van der Waals surface area contributed by atoms with E-state index in [9.17, 15) is 4.39 Å². The molecule has 0 fully saturated rings. The molecular weight excluding hydrogens is 233 g/mol. The smallest absolute Gasteiger partial charge is 0.218 e. The van der Waals surface area contributed by atoms with Crippen LogP contribution in [0.15, 0.2) is 12.3 Å². The van der Waals surface area contributed by atoms with E-state index in [-0.39, 0.29) is 5.82 Å². The lowest BCUT2D eigenvalue weighted by atomic mass is 10.2. The second kappa shape index (κ2) is 7.28. The Morgan fingerprint density at radius 1 is 1.44 bits per heavy atom. The highest BCUT2D eigenvalue weighted by Crippen LogP contribution is 2.16. The van der Waals surface area contributed by atoms with Gasteiger partial charge in [-0.3, -0.25) is 0 Å². The van der Waals surface area contributed by atoms with Crippen LogP contribution in [0.5, 0.6) is 5.88 Å². The Bertz CT molecular complexity index is 369. The molecule has 1 aromatic heterocycles. The van der Waals surface area contributed by atoms with Gasteiger partial charge in [-0.2, -0.15) is 0 Å². The van der Waals surface area contributed by atoms with E-state index in [1.165, 1.54) is 12.3 Å². The molecule has 0 spiro atoms. The highest BCUT2D eigenvalue weighted by atomic mass is 19.1. The number of hydrogen-bond acceptors (Lipinski definition) is 4. The van der Waals surface area contributed by atoms with E-state index in [4.69, 9.17) is 4.74 Å². The number of pyridine rings is 1. The first-order valence-corrected chi connectivity index (χ1v) is 6.14. The van der Waals surface area contributed by atoms with E-state index >= 15 is 0 Å². The Hall–Kier alpha value is -1.20. The summed E-state index contributed by atoms with van der Waals surface area (Å²) in [5, 5.41) is 3.23. The van der Waals surface area contributed by atoms with E-state index in [2.05, 4.69) is 10.3 Å². The quantitative estimate of drug-likeness (QED) is 0.804. The lowest BCUT2D eigenvalue weighted by Gasteiger charge is -2.14. The molecule has 18 heavy (non-hydrogen) atoms. The maximum atomic E-state index is 13.2. The topological polar surface area (TPSA) is 37.4 Å². The molecule has 0 amide bonds. The van der Waals surface area contributed by atoms with Gasteiger partial charge < -0.3 is 15.0 Å². The molecule has 0 aromatic carbocycles. The van der Waals surface area contributed by atoms with Gasteiger partial charge in [0.1, 0.15) is 12.4 Å². The number of rotatable bonds is 7. The number of likely N-dealkylation sites (N-methyl/N-ethyl adjacent to an activating group) is 1. The van der Waals surface area contributed by atoms with Crippen LogP contribution >= 0.6 is 0 Å². The van der Waals surface area contributed by atoms with Crippen LogP contribution in [0.2, 0.25) is 0 Å². The predicted molar refractivity (Wildman–Crippen MR) is 70.2 cm³/mol. The zero-order valence-electron chi connectivity index (χ0n) is 11.5. The fourth-order valence-corrected chi connectivity index (χ4v) is 1.36. The van der Waals surface area contributed by atoms with Crippen molar-refractivity contribution in [2.75, 3.05) is 27.2 Å². The minimum Gasteiger partial charge on any atom is -0.476 e. The highest BCUT2D eigenvalue weighted by Gasteiger charge is 2.08. The van der Waals surface area contributed by atoms with Crippen LogP contribution < -0.4 is 10.1 Å². The van der Waals surface area contributed by atoms with Gasteiger partial charge >= 0.3 is 0 Å². The Morgan fingerprint density at radius 2 is 2.17 bits per heavy atom. The molecular formula is C13H22FN3O. The number of nitrogens with zero attached hydrogens (tertiary/aromatic N) is 2. The number of ether oxygens (including phenoxy) is 1. The van der Waals surface area contributed by atoms with Crippen molar-refractivity contribution < 1.29 is 9.13 Å². The summed E-state index contributed by atoms with van der Waals surface area (Å²) >= 11 is 0. The molecule has 1 N–H and O–H groups in total. The summed E-state index contributed by atoms with van der Waals surface area (Å²) in [6.45, 7) is 5.98. The van der Waals surface area contributed by atoms with Crippen LogP contribution in [0.3, 0.4) is 0 Å². The van der Waals surface area contributed by atoms with Gasteiger partial charge in [0.05, 0.1) is 6.20 Å². The van der Waals surface area contributed by atoms with Crippen molar-refractivity contribution in [3.8, 4) is 5.88 Å². The summed E-state index contributed by atoms with van der Waals surface area (Å²) in [6.07, 6.45) is 1.18. The summed E-state index contributed by atoms with van der Waals surface area (Å²) in [6, 6.07) is 1.80. The molecule has 5 heteroatoms. The number of halogens is 1. The molecule has 0 aliphatic rings. The molecule has 0 saturated carbocycles. The molecule has 1 aromatic rings. The summed E-state index contributed by atoms with van der Waals surface area (Å²) < 4.78 is 18.7. The number of aromatic nitrogens is 1. The molecule has 0 radical (unpaired) electrons. The monoisotopic (exact) mass is 255 g/mol. The first kappa shape index (κ1) is 14.9. The molecule has 1 heterocycles. The Morgan fingerprint density at radius 3 is 2.78 bits per heavy atom. The van der Waals surface area contributed by atoms with Crippen molar-refractivity contribution in [1.82, 2.24) is 15.2 Å². The molecule has 4 nitrogen and oxygen atoms in total. The van der Waals surface area contributed by atoms with Crippen LogP contribution in [0.25, 0.3) is 0 Å². The van der Waals surface area contributed by atoms with Crippen molar-refractivity contribution in [2.24, 2.45) is 0 Å². The van der Waals surface area contributed by atoms with Crippen molar-refractivity contribution in [1.29, 1.82) is 0 Å². The average molecular weight is 255 g/mol. The first-order valence-electron chi connectivity index (χ1n) is 6.14. The molecule has 0 atom stereocenters. The predicted octanol–water partition coefficient (Wildman–Crippen LogP) is 1.66. The molecule has 1 rings (SSSR count). The van der Waals surface area contributed by atoms with Crippen LogP contribution in [0.1, 0.15) is 19.4 Å². The molecule has 0 saturated heterocycles. The van der Waals surface area contributed by atoms with E-state index in [0.29, 0.717) is 25.1 Å². The third-order valence-corrected chi connectivity index (χ3v) is 2.37. The Labute approximate surface area is 108 Å². The van der Waals surface area contributed by atoms with Crippen LogP contribution in [-0.4, -0.2) is 43.2 Å². The summed E-state index contributed by atoms with van der Waals surface area (Å²) in [4.78, 5) is 6.02. The molecule has 0 unspecified atom stereocenters. The van der Waals surface area contributed by atoms with Gasteiger partial charge in [0.25, 0.3) is 0 Å². The fraction of sp³-hybridized carbons (Fsp3) is 0.615. The average Bonchev–Trinajstić information content (AvgIpc) is 2.28. The van der Waals surface area contributed by atoms with Crippen molar-refractivity contribution in [2.45, 2.75) is 26.4 Å². The maximum Gasteiger partial charge on any atom is 0.218 e. The van der Waals surface area contributed by atoms with Crippen LogP contribution in [0, 0.1) is 5.82 Å². The number of hydrogen-bond donors (Lipinski definition) is 1. The van der Waals surface area contributed by atoms with Gasteiger partial charge in [-0.05, 0) is 20.2 Å². The van der Waals surface area contributed by atoms with Gasteiger partial charge in [0.2, 0.25) is 5.88 Å².